The predicted molar refractivity (Wildman–Crippen MR) is 51.0 cm³/mol. The molecule has 0 aliphatic carbocycles. The molecule has 0 aliphatic heterocycles. The standard InChI is InChI=1S/C8H12N2O2S/c1-4-5(8(2,3)9)13-6(10-4)7(11)12/h9H2,1-3H3,(H,11,12). The third-order valence-corrected chi connectivity index (χ3v) is 3.05. The lowest BCUT2D eigenvalue weighted by molar-refractivity contribution is 0.0696. The Bertz CT molecular complexity index is 338. The summed E-state index contributed by atoms with van der Waals surface area (Å²) in [5.41, 5.74) is 6.03. The predicted octanol–water partition coefficient (Wildman–Crippen LogP) is 1.34. The van der Waals surface area contributed by atoms with Gasteiger partial charge >= 0.3 is 5.97 Å². The van der Waals surface area contributed by atoms with E-state index in [1.165, 1.54) is 0 Å². The molecule has 0 bridgehead atoms. The highest BCUT2D eigenvalue weighted by Crippen LogP contribution is 2.27. The first kappa shape index (κ1) is 10.1. The van der Waals surface area contributed by atoms with Crippen LogP contribution in [0.1, 0.15) is 34.2 Å². The molecule has 0 amide bonds. The minimum atomic E-state index is -0.997. The van der Waals surface area contributed by atoms with Crippen LogP contribution >= 0.6 is 11.3 Å². The molecule has 0 saturated heterocycles. The number of hydrogen-bond acceptors (Lipinski definition) is 4. The van der Waals surface area contributed by atoms with Gasteiger partial charge in [-0.15, -0.1) is 11.3 Å². The van der Waals surface area contributed by atoms with E-state index in [1.54, 1.807) is 6.92 Å². The summed E-state index contributed by atoms with van der Waals surface area (Å²) in [7, 11) is 0. The number of thiazole rings is 1. The zero-order chi connectivity index (χ0) is 10.2. The van der Waals surface area contributed by atoms with E-state index in [1.807, 2.05) is 13.8 Å². The number of hydrogen-bond donors (Lipinski definition) is 2. The number of nitrogens with two attached hydrogens (primary N) is 1. The zero-order valence-electron chi connectivity index (χ0n) is 7.79. The number of aryl methyl sites for hydroxylation is 1. The summed E-state index contributed by atoms with van der Waals surface area (Å²) >= 11 is 1.14. The van der Waals surface area contributed by atoms with Gasteiger partial charge in [0, 0.05) is 10.4 Å². The van der Waals surface area contributed by atoms with Crippen LogP contribution < -0.4 is 5.73 Å². The van der Waals surface area contributed by atoms with Crippen molar-refractivity contribution in [1.29, 1.82) is 0 Å². The average Bonchev–Trinajstić information content (AvgIpc) is 2.29. The second kappa shape index (κ2) is 3.08. The van der Waals surface area contributed by atoms with Gasteiger partial charge in [-0.3, -0.25) is 0 Å². The van der Waals surface area contributed by atoms with Gasteiger partial charge in [-0.2, -0.15) is 0 Å². The first-order valence-corrected chi connectivity index (χ1v) is 4.64. The fraction of sp³-hybridized carbons (Fsp3) is 0.500. The van der Waals surface area contributed by atoms with Gasteiger partial charge in [-0.05, 0) is 20.8 Å². The number of nitrogens with zero attached hydrogens (tertiary/aromatic N) is 1. The molecule has 0 aliphatic rings. The molecule has 1 rings (SSSR count). The van der Waals surface area contributed by atoms with Crippen LogP contribution in [0, 0.1) is 6.92 Å². The molecule has 0 aromatic carbocycles. The lowest BCUT2D eigenvalue weighted by atomic mass is 10.0. The second-order valence-corrected chi connectivity index (χ2v) is 4.46. The van der Waals surface area contributed by atoms with E-state index in [9.17, 15) is 4.79 Å². The minimum absolute atomic E-state index is 0.103. The molecular formula is C8H12N2O2S. The van der Waals surface area contributed by atoms with Crippen molar-refractivity contribution in [3.63, 3.8) is 0 Å². The zero-order valence-corrected chi connectivity index (χ0v) is 8.60. The van der Waals surface area contributed by atoms with Gasteiger partial charge in [0.25, 0.3) is 0 Å². The number of rotatable bonds is 2. The van der Waals surface area contributed by atoms with Gasteiger partial charge in [-0.1, -0.05) is 0 Å². The summed E-state index contributed by atoms with van der Waals surface area (Å²) in [6.45, 7) is 5.44. The molecule has 1 aromatic heterocycles. The summed E-state index contributed by atoms with van der Waals surface area (Å²) in [6, 6.07) is 0. The Kier molecular flexibility index (Phi) is 2.40. The third kappa shape index (κ3) is 2.05. The molecule has 0 fully saturated rings. The number of aromatic nitrogens is 1. The SMILES string of the molecule is Cc1nc(C(=O)O)sc1C(C)(C)N. The lowest BCUT2D eigenvalue weighted by Crippen LogP contribution is -2.28. The highest BCUT2D eigenvalue weighted by molar-refractivity contribution is 7.13. The number of carboxylic acids is 1. The summed E-state index contributed by atoms with van der Waals surface area (Å²) in [5, 5.41) is 8.80. The highest BCUT2D eigenvalue weighted by atomic mass is 32.1. The van der Waals surface area contributed by atoms with Crippen LogP contribution in [0.25, 0.3) is 0 Å². The second-order valence-electron chi connectivity index (χ2n) is 3.46. The van der Waals surface area contributed by atoms with Crippen molar-refractivity contribution in [2.24, 2.45) is 5.73 Å². The molecule has 4 nitrogen and oxygen atoms in total. The Labute approximate surface area is 80.4 Å². The molecule has 0 radical (unpaired) electrons. The topological polar surface area (TPSA) is 76.2 Å². The Balaban J connectivity index is 3.18. The fourth-order valence-electron chi connectivity index (χ4n) is 1.09. The number of carbonyl (C=O) groups is 1. The van der Waals surface area contributed by atoms with Crippen LogP contribution in [0.15, 0.2) is 0 Å². The van der Waals surface area contributed by atoms with Crippen LogP contribution in [0.3, 0.4) is 0 Å². The van der Waals surface area contributed by atoms with Crippen molar-refractivity contribution < 1.29 is 9.90 Å². The van der Waals surface area contributed by atoms with Gasteiger partial charge in [0.2, 0.25) is 5.01 Å². The Morgan fingerprint density at radius 2 is 2.15 bits per heavy atom. The van der Waals surface area contributed by atoms with Crippen LogP contribution in [-0.2, 0) is 5.54 Å². The number of carboxylic acid groups (broad SMARTS) is 1. The van der Waals surface area contributed by atoms with Crippen LogP contribution in [0.2, 0.25) is 0 Å². The van der Waals surface area contributed by atoms with Gasteiger partial charge in [-0.25, -0.2) is 9.78 Å². The number of aromatic carboxylic acids is 1. The van der Waals surface area contributed by atoms with Gasteiger partial charge in [0.05, 0.1) is 5.69 Å². The third-order valence-electron chi connectivity index (χ3n) is 1.56. The molecule has 13 heavy (non-hydrogen) atoms. The summed E-state index contributed by atoms with van der Waals surface area (Å²) in [5.74, 6) is -0.997. The first-order chi connectivity index (χ1) is 5.82. The van der Waals surface area contributed by atoms with Crippen LogP contribution in [0.4, 0.5) is 0 Å². The minimum Gasteiger partial charge on any atom is -0.476 e. The average molecular weight is 200 g/mol. The van der Waals surface area contributed by atoms with Crippen molar-refractivity contribution in [2.75, 3.05) is 0 Å². The molecule has 72 valence electrons. The lowest BCUT2D eigenvalue weighted by Gasteiger charge is -2.16. The smallest absolute Gasteiger partial charge is 0.365 e. The van der Waals surface area contributed by atoms with Gasteiger partial charge < -0.3 is 10.8 Å². The monoisotopic (exact) mass is 200 g/mol. The van der Waals surface area contributed by atoms with E-state index >= 15 is 0 Å². The van der Waals surface area contributed by atoms with Crippen molar-refractivity contribution in [3.8, 4) is 0 Å². The summed E-state index contributed by atoms with van der Waals surface area (Å²) < 4.78 is 0. The van der Waals surface area contributed by atoms with E-state index in [4.69, 9.17) is 10.8 Å². The fourth-order valence-corrected chi connectivity index (χ4v) is 2.01. The maximum absolute atomic E-state index is 10.6. The largest absolute Gasteiger partial charge is 0.476 e. The quantitative estimate of drug-likeness (QED) is 0.755. The van der Waals surface area contributed by atoms with Crippen LogP contribution in [0.5, 0.6) is 0 Å². The Morgan fingerprint density at radius 3 is 2.38 bits per heavy atom. The summed E-state index contributed by atoms with van der Waals surface area (Å²) in [6.07, 6.45) is 0. The van der Waals surface area contributed by atoms with Crippen LogP contribution in [-0.4, -0.2) is 16.1 Å². The molecule has 0 spiro atoms. The molecule has 3 N–H and O–H groups in total. The molecule has 0 unspecified atom stereocenters. The molecule has 5 heteroatoms. The normalized spacial score (nSPS) is 11.7. The van der Waals surface area contributed by atoms with E-state index < -0.39 is 11.5 Å². The molecular weight excluding hydrogens is 188 g/mol. The van der Waals surface area contributed by atoms with Gasteiger partial charge in [0.1, 0.15) is 0 Å². The van der Waals surface area contributed by atoms with E-state index in [2.05, 4.69) is 4.98 Å². The molecule has 1 aromatic rings. The Morgan fingerprint density at radius 1 is 1.62 bits per heavy atom. The van der Waals surface area contributed by atoms with E-state index in [-0.39, 0.29) is 5.01 Å². The van der Waals surface area contributed by atoms with Crippen molar-refractivity contribution in [3.05, 3.63) is 15.6 Å². The maximum atomic E-state index is 10.6. The molecule has 1 heterocycles. The van der Waals surface area contributed by atoms with Crippen molar-refractivity contribution in [2.45, 2.75) is 26.3 Å². The molecule has 0 atom stereocenters. The van der Waals surface area contributed by atoms with Crippen molar-refractivity contribution >= 4 is 17.3 Å². The van der Waals surface area contributed by atoms with E-state index in [0.717, 1.165) is 16.2 Å². The highest BCUT2D eigenvalue weighted by Gasteiger charge is 2.23. The van der Waals surface area contributed by atoms with Gasteiger partial charge in [0.15, 0.2) is 0 Å². The maximum Gasteiger partial charge on any atom is 0.365 e. The van der Waals surface area contributed by atoms with E-state index in [0.29, 0.717) is 5.69 Å². The summed E-state index contributed by atoms with van der Waals surface area (Å²) in [4.78, 5) is 15.3. The van der Waals surface area contributed by atoms with Crippen molar-refractivity contribution in [1.82, 2.24) is 4.98 Å². The first-order valence-electron chi connectivity index (χ1n) is 3.82. The molecule has 0 saturated carbocycles. The Hall–Kier alpha value is -0.940.